The first-order valence-corrected chi connectivity index (χ1v) is 8.49. The lowest BCUT2D eigenvalue weighted by Gasteiger charge is -2.23. The molecule has 0 aliphatic heterocycles. The van der Waals surface area contributed by atoms with Gasteiger partial charge >= 0.3 is 12.1 Å². The zero-order valence-corrected chi connectivity index (χ0v) is 14.3. The third kappa shape index (κ3) is 4.30. The molecule has 0 radical (unpaired) electrons. The number of halogens is 3. The fourth-order valence-electron chi connectivity index (χ4n) is 3.21. The molecule has 1 aliphatic carbocycles. The summed E-state index contributed by atoms with van der Waals surface area (Å²) in [6.07, 6.45) is -2.12. The number of alkyl halides is 3. The van der Waals surface area contributed by atoms with E-state index in [1.165, 1.54) is 10.6 Å². The number of rotatable bonds is 5. The maximum Gasteiger partial charge on any atom is 0.572 e. The second-order valence-electron chi connectivity index (χ2n) is 6.57. The van der Waals surface area contributed by atoms with Crippen molar-refractivity contribution in [1.82, 2.24) is 4.57 Å². The van der Waals surface area contributed by atoms with Crippen LogP contribution in [0.4, 0.5) is 13.2 Å². The number of hydrogen-bond donors (Lipinski definition) is 1. The van der Waals surface area contributed by atoms with Gasteiger partial charge in [0.15, 0.2) is 5.58 Å². The van der Waals surface area contributed by atoms with Crippen molar-refractivity contribution >= 4 is 11.1 Å². The highest BCUT2D eigenvalue weighted by atomic mass is 19.4. The van der Waals surface area contributed by atoms with E-state index in [0.717, 1.165) is 5.56 Å². The molecule has 26 heavy (non-hydrogen) atoms. The van der Waals surface area contributed by atoms with E-state index in [4.69, 9.17) is 4.42 Å². The Bertz CT molecular complexity index is 863. The van der Waals surface area contributed by atoms with E-state index in [1.54, 1.807) is 13.0 Å². The summed E-state index contributed by atoms with van der Waals surface area (Å²) in [6.45, 7) is 1.98. The molecule has 1 N–H and O–H groups in total. The lowest BCUT2D eigenvalue weighted by molar-refractivity contribution is -0.306. The monoisotopic (exact) mass is 371 g/mol. The van der Waals surface area contributed by atoms with Crippen LogP contribution in [0.5, 0.6) is 0 Å². The Morgan fingerprint density at radius 3 is 2.81 bits per heavy atom. The van der Waals surface area contributed by atoms with Crippen LogP contribution < -0.4 is 5.76 Å². The molecular weight excluding hydrogens is 351 g/mol. The van der Waals surface area contributed by atoms with Gasteiger partial charge in [0, 0.05) is 13.0 Å². The van der Waals surface area contributed by atoms with Crippen molar-refractivity contribution in [1.29, 1.82) is 0 Å². The number of allylic oxidation sites excluding steroid dienone is 2. The second kappa shape index (κ2) is 7.19. The van der Waals surface area contributed by atoms with Crippen LogP contribution in [0.2, 0.25) is 0 Å². The van der Waals surface area contributed by atoms with Crippen LogP contribution in [0.15, 0.2) is 39.2 Å². The van der Waals surface area contributed by atoms with Gasteiger partial charge in [0.1, 0.15) is 5.76 Å². The Morgan fingerprint density at radius 1 is 1.42 bits per heavy atom. The Balaban J connectivity index is 1.81. The van der Waals surface area contributed by atoms with Gasteiger partial charge in [-0.2, -0.15) is 0 Å². The van der Waals surface area contributed by atoms with Crippen LogP contribution in [0.25, 0.3) is 11.1 Å². The molecule has 0 bridgehead atoms. The Labute approximate surface area is 147 Å². The molecule has 2 atom stereocenters. The van der Waals surface area contributed by atoms with E-state index in [9.17, 15) is 23.1 Å². The number of hydrogen-bond acceptors (Lipinski definition) is 4. The summed E-state index contributed by atoms with van der Waals surface area (Å²) < 4.78 is 47.5. The number of aliphatic hydroxyl groups is 1. The zero-order chi connectivity index (χ0) is 18.9. The van der Waals surface area contributed by atoms with Gasteiger partial charge < -0.3 is 14.3 Å². The Morgan fingerprint density at radius 2 is 2.19 bits per heavy atom. The summed E-state index contributed by atoms with van der Waals surface area (Å²) in [5.74, 6) is -0.482. The number of aliphatic hydroxyl groups excluding tert-OH is 1. The summed E-state index contributed by atoms with van der Waals surface area (Å²) >= 11 is 0. The summed E-state index contributed by atoms with van der Waals surface area (Å²) in [5, 5.41) is 9.43. The minimum absolute atomic E-state index is 0.0491. The van der Waals surface area contributed by atoms with Gasteiger partial charge in [-0.25, -0.2) is 4.79 Å². The number of nitrogens with zero attached hydrogens (tertiary/aromatic N) is 1. The molecule has 3 rings (SSSR count). The van der Waals surface area contributed by atoms with Crippen LogP contribution in [0, 0.1) is 0 Å². The first-order valence-electron chi connectivity index (χ1n) is 8.49. The minimum Gasteiger partial charge on any atom is -0.411 e. The third-order valence-corrected chi connectivity index (χ3v) is 4.55. The second-order valence-corrected chi connectivity index (χ2v) is 6.57. The largest absolute Gasteiger partial charge is 0.572 e. The van der Waals surface area contributed by atoms with Gasteiger partial charge in [0.05, 0.1) is 11.6 Å². The van der Waals surface area contributed by atoms with E-state index in [0.29, 0.717) is 36.9 Å². The smallest absolute Gasteiger partial charge is 0.411 e. The SMILES string of the molecule is CC(O)CCn1c(=O)oc2ccc(C3CC=C(OC(F)(F)F)CC3)cc21. The van der Waals surface area contributed by atoms with Crippen LogP contribution >= 0.6 is 0 Å². The van der Waals surface area contributed by atoms with Crippen molar-refractivity contribution in [2.45, 2.75) is 57.5 Å². The first-order chi connectivity index (χ1) is 12.2. The van der Waals surface area contributed by atoms with E-state index >= 15 is 0 Å². The molecular formula is C18H20F3NO4. The van der Waals surface area contributed by atoms with Gasteiger partial charge in [-0.05, 0) is 55.9 Å². The van der Waals surface area contributed by atoms with E-state index in [2.05, 4.69) is 4.74 Å². The molecule has 0 amide bonds. The molecule has 0 spiro atoms. The molecule has 5 nitrogen and oxygen atoms in total. The highest BCUT2D eigenvalue weighted by Crippen LogP contribution is 2.35. The van der Waals surface area contributed by atoms with Crippen molar-refractivity contribution in [2.75, 3.05) is 0 Å². The highest BCUT2D eigenvalue weighted by molar-refractivity contribution is 5.74. The van der Waals surface area contributed by atoms with Gasteiger partial charge in [-0.15, -0.1) is 13.2 Å². The van der Waals surface area contributed by atoms with Crippen LogP contribution in [0.1, 0.15) is 44.1 Å². The van der Waals surface area contributed by atoms with E-state index in [1.807, 2.05) is 12.1 Å². The molecule has 1 aromatic heterocycles. The van der Waals surface area contributed by atoms with Gasteiger partial charge in [0.2, 0.25) is 0 Å². The summed E-state index contributed by atoms with van der Waals surface area (Å²) in [4.78, 5) is 12.0. The predicted octanol–water partition coefficient (Wildman–Crippen LogP) is 4.05. The molecule has 1 aromatic carbocycles. The quantitative estimate of drug-likeness (QED) is 0.861. The van der Waals surface area contributed by atoms with Crippen molar-refractivity contribution in [3.63, 3.8) is 0 Å². The van der Waals surface area contributed by atoms with Crippen molar-refractivity contribution < 1.29 is 27.4 Å². The standard InChI is InChI=1S/C18H20F3NO4/c1-11(23)8-9-22-15-10-13(4-7-16(15)25-17(22)24)12-2-5-14(6-3-12)26-18(19,20)21/h4-5,7,10-12,23H,2-3,6,8-9H2,1H3. The third-order valence-electron chi connectivity index (χ3n) is 4.55. The van der Waals surface area contributed by atoms with Crippen LogP contribution in [-0.4, -0.2) is 22.1 Å². The van der Waals surface area contributed by atoms with Crippen LogP contribution in [0.3, 0.4) is 0 Å². The Kier molecular flexibility index (Phi) is 5.13. The summed E-state index contributed by atoms with van der Waals surface area (Å²) in [7, 11) is 0. The molecule has 2 unspecified atom stereocenters. The van der Waals surface area contributed by atoms with E-state index < -0.39 is 18.2 Å². The number of benzene rings is 1. The molecule has 1 heterocycles. The number of oxazole rings is 1. The molecule has 142 valence electrons. The predicted molar refractivity (Wildman–Crippen MR) is 88.6 cm³/mol. The van der Waals surface area contributed by atoms with Gasteiger partial charge in [-0.3, -0.25) is 4.57 Å². The molecule has 0 saturated heterocycles. The highest BCUT2D eigenvalue weighted by Gasteiger charge is 2.33. The normalized spacial score (nSPS) is 19.4. The molecule has 2 aromatic rings. The van der Waals surface area contributed by atoms with Crippen molar-refractivity contribution in [3.05, 3.63) is 46.1 Å². The summed E-state index contributed by atoms with van der Waals surface area (Å²) in [6, 6.07) is 5.38. The van der Waals surface area contributed by atoms with Crippen molar-refractivity contribution in [3.8, 4) is 0 Å². The minimum atomic E-state index is -4.66. The lowest BCUT2D eigenvalue weighted by Crippen LogP contribution is -2.17. The number of aromatic nitrogens is 1. The molecule has 0 fully saturated rings. The average Bonchev–Trinajstić information content (AvgIpc) is 2.86. The molecule has 1 aliphatic rings. The number of aryl methyl sites for hydroxylation is 1. The fourth-order valence-corrected chi connectivity index (χ4v) is 3.21. The maximum atomic E-state index is 12.3. The topological polar surface area (TPSA) is 64.6 Å². The maximum absolute atomic E-state index is 12.3. The molecule has 8 heteroatoms. The average molecular weight is 371 g/mol. The Hall–Kier alpha value is -2.22. The lowest BCUT2D eigenvalue weighted by atomic mass is 9.87. The summed E-state index contributed by atoms with van der Waals surface area (Å²) in [5.41, 5.74) is 2.03. The van der Waals surface area contributed by atoms with Crippen molar-refractivity contribution in [2.24, 2.45) is 0 Å². The van der Waals surface area contributed by atoms with Gasteiger partial charge in [-0.1, -0.05) is 6.07 Å². The van der Waals surface area contributed by atoms with E-state index in [-0.39, 0.29) is 18.1 Å². The molecule has 0 saturated carbocycles. The van der Waals surface area contributed by atoms with Gasteiger partial charge in [0.25, 0.3) is 0 Å². The number of ether oxygens (including phenoxy) is 1. The zero-order valence-electron chi connectivity index (χ0n) is 14.3. The van der Waals surface area contributed by atoms with Crippen LogP contribution in [-0.2, 0) is 11.3 Å². The number of fused-ring (bicyclic) bond motifs is 1. The first kappa shape index (κ1) is 18.6. The fraction of sp³-hybridized carbons (Fsp3) is 0.500.